The van der Waals surface area contributed by atoms with Crippen molar-refractivity contribution in [1.29, 1.82) is 0 Å². The zero-order valence-electron chi connectivity index (χ0n) is 13.7. The highest BCUT2D eigenvalue weighted by molar-refractivity contribution is 9.10. The van der Waals surface area contributed by atoms with Crippen LogP contribution < -0.4 is 0 Å². The molecule has 3 aromatic rings. The molecule has 0 amide bonds. The summed E-state index contributed by atoms with van der Waals surface area (Å²) in [5, 5.41) is 0. The van der Waals surface area contributed by atoms with Gasteiger partial charge in [0.25, 0.3) is 0 Å². The molecule has 3 rings (SSSR count). The van der Waals surface area contributed by atoms with Crippen molar-refractivity contribution in [2.24, 2.45) is 0 Å². The third-order valence-electron chi connectivity index (χ3n) is 4.09. The van der Waals surface area contributed by atoms with Crippen LogP contribution in [0.5, 0.6) is 0 Å². The Balaban J connectivity index is 2.12. The van der Waals surface area contributed by atoms with Gasteiger partial charge in [-0.05, 0) is 39.2 Å². The summed E-state index contributed by atoms with van der Waals surface area (Å²) in [5.74, 6) is 0. The first-order valence-corrected chi connectivity index (χ1v) is 10.1. The first-order chi connectivity index (χ1) is 12.0. The Kier molecular flexibility index (Phi) is 5.37. The number of nitrogens with zero attached hydrogens (tertiary/aromatic N) is 1. The molecule has 0 fully saturated rings. The number of hydrogen-bond acceptors (Lipinski definition) is 2. The molecule has 0 heterocycles. The van der Waals surface area contributed by atoms with Crippen molar-refractivity contribution in [3.63, 3.8) is 0 Å². The molecule has 0 radical (unpaired) electrons. The molecule has 5 heteroatoms. The SMILES string of the molecule is CN(C(c1ccccc1)c1ccccc1)S(=O)(=O)c1ccccc1Br. The first kappa shape index (κ1) is 17.9. The first-order valence-electron chi connectivity index (χ1n) is 7.84. The van der Waals surface area contributed by atoms with Crippen molar-refractivity contribution in [2.75, 3.05) is 7.05 Å². The van der Waals surface area contributed by atoms with Crippen LogP contribution in [-0.2, 0) is 10.0 Å². The van der Waals surface area contributed by atoms with Gasteiger partial charge in [-0.2, -0.15) is 4.31 Å². The van der Waals surface area contributed by atoms with Crippen LogP contribution in [-0.4, -0.2) is 19.8 Å². The molecule has 0 saturated heterocycles. The van der Waals surface area contributed by atoms with Gasteiger partial charge in [0.15, 0.2) is 0 Å². The number of rotatable bonds is 5. The fourth-order valence-electron chi connectivity index (χ4n) is 2.83. The summed E-state index contributed by atoms with van der Waals surface area (Å²) < 4.78 is 28.5. The van der Waals surface area contributed by atoms with Gasteiger partial charge in [0.2, 0.25) is 10.0 Å². The lowest BCUT2D eigenvalue weighted by Gasteiger charge is -2.28. The van der Waals surface area contributed by atoms with Crippen molar-refractivity contribution in [1.82, 2.24) is 4.31 Å². The summed E-state index contributed by atoms with van der Waals surface area (Å²) in [4.78, 5) is 0.259. The number of benzene rings is 3. The number of halogens is 1. The minimum Gasteiger partial charge on any atom is -0.207 e. The maximum atomic E-state index is 13.2. The molecule has 0 bridgehead atoms. The molecule has 0 spiro atoms. The van der Waals surface area contributed by atoms with Crippen LogP contribution in [0.15, 0.2) is 94.3 Å². The van der Waals surface area contributed by atoms with Gasteiger partial charge in [0, 0.05) is 11.5 Å². The maximum absolute atomic E-state index is 13.2. The topological polar surface area (TPSA) is 37.4 Å². The molecular formula is C20H18BrNO2S. The van der Waals surface area contributed by atoms with Gasteiger partial charge < -0.3 is 0 Å². The van der Waals surface area contributed by atoms with Gasteiger partial charge in [-0.25, -0.2) is 8.42 Å². The third-order valence-corrected chi connectivity index (χ3v) is 6.92. The normalized spacial score (nSPS) is 11.8. The zero-order valence-corrected chi connectivity index (χ0v) is 16.1. The molecule has 0 unspecified atom stereocenters. The number of sulfonamides is 1. The molecule has 0 aliphatic rings. The van der Waals surface area contributed by atoms with Crippen molar-refractivity contribution in [2.45, 2.75) is 10.9 Å². The third kappa shape index (κ3) is 3.68. The van der Waals surface area contributed by atoms with E-state index in [9.17, 15) is 8.42 Å². The molecule has 0 aliphatic carbocycles. The average molecular weight is 416 g/mol. The Bertz CT molecular complexity index is 904. The van der Waals surface area contributed by atoms with E-state index in [-0.39, 0.29) is 4.90 Å². The molecule has 0 saturated carbocycles. The Hall–Kier alpha value is -1.95. The summed E-state index contributed by atoms with van der Waals surface area (Å²) >= 11 is 3.36. The van der Waals surface area contributed by atoms with Gasteiger partial charge in [-0.3, -0.25) is 0 Å². The van der Waals surface area contributed by atoms with Crippen LogP contribution in [0.25, 0.3) is 0 Å². The fourth-order valence-corrected chi connectivity index (χ4v) is 5.13. The van der Waals surface area contributed by atoms with Gasteiger partial charge in [0.1, 0.15) is 0 Å². The zero-order chi connectivity index (χ0) is 17.9. The fraction of sp³-hybridized carbons (Fsp3) is 0.100. The van der Waals surface area contributed by atoms with E-state index >= 15 is 0 Å². The summed E-state index contributed by atoms with van der Waals surface area (Å²) in [7, 11) is -2.05. The van der Waals surface area contributed by atoms with Crippen LogP contribution in [0.1, 0.15) is 17.2 Å². The minimum atomic E-state index is -3.68. The molecular weight excluding hydrogens is 398 g/mol. The summed E-state index contributed by atoms with van der Waals surface area (Å²) in [5.41, 5.74) is 1.85. The predicted octanol–water partition coefficient (Wildman–Crippen LogP) is 4.86. The van der Waals surface area contributed by atoms with Crippen molar-refractivity contribution < 1.29 is 8.42 Å². The van der Waals surface area contributed by atoms with E-state index in [0.717, 1.165) is 11.1 Å². The molecule has 25 heavy (non-hydrogen) atoms. The average Bonchev–Trinajstić information content (AvgIpc) is 2.64. The smallest absolute Gasteiger partial charge is 0.207 e. The lowest BCUT2D eigenvalue weighted by Crippen LogP contribution is -2.32. The van der Waals surface area contributed by atoms with Gasteiger partial charge >= 0.3 is 0 Å². The molecule has 3 nitrogen and oxygen atoms in total. The largest absolute Gasteiger partial charge is 0.244 e. The second-order valence-electron chi connectivity index (χ2n) is 5.68. The highest BCUT2D eigenvalue weighted by Crippen LogP contribution is 2.33. The molecule has 3 aromatic carbocycles. The Morgan fingerprint density at radius 3 is 1.68 bits per heavy atom. The molecule has 128 valence electrons. The molecule has 0 N–H and O–H groups in total. The maximum Gasteiger partial charge on any atom is 0.244 e. The van der Waals surface area contributed by atoms with E-state index in [1.165, 1.54) is 4.31 Å². The monoisotopic (exact) mass is 415 g/mol. The van der Waals surface area contributed by atoms with Gasteiger partial charge in [-0.1, -0.05) is 72.8 Å². The van der Waals surface area contributed by atoms with Crippen LogP contribution in [0.4, 0.5) is 0 Å². The second-order valence-corrected chi connectivity index (χ2v) is 8.50. The van der Waals surface area contributed by atoms with Crippen LogP contribution in [0.2, 0.25) is 0 Å². The molecule has 0 aliphatic heterocycles. The lowest BCUT2D eigenvalue weighted by atomic mass is 9.99. The van der Waals surface area contributed by atoms with E-state index in [2.05, 4.69) is 15.9 Å². The Morgan fingerprint density at radius 1 is 0.760 bits per heavy atom. The minimum absolute atomic E-state index is 0.259. The lowest BCUT2D eigenvalue weighted by molar-refractivity contribution is 0.417. The van der Waals surface area contributed by atoms with Crippen molar-refractivity contribution >= 4 is 26.0 Å². The Labute approximate surface area is 157 Å². The van der Waals surface area contributed by atoms with E-state index in [4.69, 9.17) is 0 Å². The second kappa shape index (κ2) is 7.52. The predicted molar refractivity (Wildman–Crippen MR) is 104 cm³/mol. The van der Waals surface area contributed by atoms with Crippen molar-refractivity contribution in [3.05, 3.63) is 101 Å². The van der Waals surface area contributed by atoms with E-state index in [1.54, 1.807) is 31.3 Å². The van der Waals surface area contributed by atoms with Gasteiger partial charge in [-0.15, -0.1) is 0 Å². The highest BCUT2D eigenvalue weighted by Gasteiger charge is 2.31. The number of hydrogen-bond donors (Lipinski definition) is 0. The van der Waals surface area contributed by atoms with Gasteiger partial charge in [0.05, 0.1) is 10.9 Å². The van der Waals surface area contributed by atoms with E-state index < -0.39 is 16.1 Å². The highest BCUT2D eigenvalue weighted by atomic mass is 79.9. The standard InChI is InChI=1S/C20H18BrNO2S/c1-22(25(23,24)19-15-9-8-14-18(19)21)20(16-10-4-2-5-11-16)17-12-6-3-7-13-17/h2-15,20H,1H3. The quantitative estimate of drug-likeness (QED) is 0.596. The van der Waals surface area contributed by atoms with E-state index in [1.807, 2.05) is 60.7 Å². The van der Waals surface area contributed by atoms with Crippen LogP contribution in [0.3, 0.4) is 0 Å². The molecule has 0 aromatic heterocycles. The van der Waals surface area contributed by atoms with Crippen molar-refractivity contribution in [3.8, 4) is 0 Å². The molecule has 0 atom stereocenters. The summed E-state index contributed by atoms with van der Waals surface area (Å²) in [6, 6.07) is 25.8. The van der Waals surface area contributed by atoms with Crippen LogP contribution >= 0.6 is 15.9 Å². The summed E-state index contributed by atoms with van der Waals surface area (Å²) in [6.07, 6.45) is 0. The van der Waals surface area contributed by atoms with E-state index in [0.29, 0.717) is 4.47 Å². The Morgan fingerprint density at radius 2 is 1.20 bits per heavy atom. The summed E-state index contributed by atoms with van der Waals surface area (Å²) in [6.45, 7) is 0. The van der Waals surface area contributed by atoms with Crippen LogP contribution in [0, 0.1) is 0 Å².